The van der Waals surface area contributed by atoms with Gasteiger partial charge in [-0.05, 0) is 60.7 Å². The van der Waals surface area contributed by atoms with Crippen LogP contribution in [-0.2, 0) is 24.0 Å². The molecule has 2 aromatic carbocycles. The Hall–Kier alpha value is -2.96. The molecule has 1 aliphatic rings. The molecule has 0 aliphatic heterocycles. The zero-order chi connectivity index (χ0) is 20.8. The van der Waals surface area contributed by atoms with Gasteiger partial charge in [-0.3, -0.25) is 4.79 Å². The number of carboxylic acid groups (broad SMARTS) is 1. The number of nitrogens with one attached hydrogen (secondary N) is 1. The molecular formula is C22H20F3NO3. The first kappa shape index (κ1) is 19.4. The molecule has 7 heteroatoms. The normalized spacial score (nSPS) is 16.2. The molecule has 0 amide bonds. The van der Waals surface area contributed by atoms with Gasteiger partial charge in [-0.25, -0.2) is 0 Å². The molecular weight excluding hydrogens is 383 g/mol. The molecule has 0 spiro atoms. The Labute approximate surface area is 165 Å². The number of fused-ring (bicyclic) bond motifs is 3. The van der Waals surface area contributed by atoms with Crippen LogP contribution in [-0.4, -0.2) is 16.1 Å². The number of aromatic amines is 1. The van der Waals surface area contributed by atoms with Crippen LogP contribution in [0, 0.1) is 6.92 Å². The summed E-state index contributed by atoms with van der Waals surface area (Å²) < 4.78 is 45.0. The smallest absolute Gasteiger partial charge is 0.416 e. The van der Waals surface area contributed by atoms with Crippen LogP contribution >= 0.6 is 0 Å². The van der Waals surface area contributed by atoms with E-state index in [9.17, 15) is 18.0 Å². The maximum Gasteiger partial charge on any atom is 0.416 e. The van der Waals surface area contributed by atoms with Crippen LogP contribution in [0.1, 0.15) is 46.7 Å². The molecule has 0 saturated carbocycles. The van der Waals surface area contributed by atoms with Crippen molar-refractivity contribution in [3.63, 3.8) is 0 Å². The third-order valence-electron chi connectivity index (χ3n) is 5.50. The van der Waals surface area contributed by atoms with Crippen molar-refractivity contribution < 1.29 is 27.8 Å². The second-order valence-corrected chi connectivity index (χ2v) is 7.49. The maximum absolute atomic E-state index is 13.1. The van der Waals surface area contributed by atoms with Crippen molar-refractivity contribution in [2.75, 3.05) is 0 Å². The van der Waals surface area contributed by atoms with Gasteiger partial charge >= 0.3 is 12.1 Å². The van der Waals surface area contributed by atoms with E-state index in [1.807, 2.05) is 12.1 Å². The molecule has 1 aliphatic carbocycles. The number of alkyl halides is 3. The van der Waals surface area contributed by atoms with Crippen molar-refractivity contribution in [2.24, 2.45) is 0 Å². The van der Waals surface area contributed by atoms with E-state index in [1.54, 1.807) is 12.1 Å². The molecule has 4 rings (SSSR count). The third-order valence-corrected chi connectivity index (χ3v) is 5.50. The van der Waals surface area contributed by atoms with Gasteiger partial charge in [-0.2, -0.15) is 13.2 Å². The van der Waals surface area contributed by atoms with E-state index in [1.165, 1.54) is 13.0 Å². The van der Waals surface area contributed by atoms with E-state index < -0.39 is 17.7 Å². The molecule has 152 valence electrons. The fraction of sp³-hybridized carbons (Fsp3) is 0.318. The number of hydrogen-bond acceptors (Lipinski definition) is 2. The number of halogens is 3. The summed E-state index contributed by atoms with van der Waals surface area (Å²) in [4.78, 5) is 14.4. The predicted molar refractivity (Wildman–Crippen MR) is 102 cm³/mol. The number of rotatable bonds is 5. The second-order valence-electron chi connectivity index (χ2n) is 7.49. The lowest BCUT2D eigenvalue weighted by Gasteiger charge is -2.13. The van der Waals surface area contributed by atoms with Crippen molar-refractivity contribution in [1.82, 2.24) is 4.98 Å². The first-order valence-electron chi connectivity index (χ1n) is 9.38. The van der Waals surface area contributed by atoms with E-state index in [-0.39, 0.29) is 24.5 Å². The van der Waals surface area contributed by atoms with Gasteiger partial charge in [0.05, 0.1) is 12.0 Å². The van der Waals surface area contributed by atoms with Crippen LogP contribution in [0.4, 0.5) is 13.2 Å². The highest BCUT2D eigenvalue weighted by Gasteiger charge is 2.32. The fourth-order valence-corrected chi connectivity index (χ4v) is 4.06. The summed E-state index contributed by atoms with van der Waals surface area (Å²) in [6, 6.07) is 9.70. The topological polar surface area (TPSA) is 62.3 Å². The fourth-order valence-electron chi connectivity index (χ4n) is 4.06. The Balaban J connectivity index is 1.55. The number of aryl methyl sites for hydroxylation is 2. The molecule has 3 aromatic rings. The zero-order valence-electron chi connectivity index (χ0n) is 15.8. The Morgan fingerprint density at radius 1 is 1.24 bits per heavy atom. The number of carboxylic acids is 1. The van der Waals surface area contributed by atoms with Crippen LogP contribution in [0.5, 0.6) is 5.75 Å². The molecule has 29 heavy (non-hydrogen) atoms. The van der Waals surface area contributed by atoms with E-state index in [0.29, 0.717) is 11.3 Å². The molecule has 0 unspecified atom stereocenters. The van der Waals surface area contributed by atoms with Crippen molar-refractivity contribution >= 4 is 16.9 Å². The van der Waals surface area contributed by atoms with Gasteiger partial charge in [0.2, 0.25) is 0 Å². The van der Waals surface area contributed by atoms with Crippen LogP contribution in [0.2, 0.25) is 0 Å². The van der Waals surface area contributed by atoms with Gasteiger partial charge < -0.3 is 14.8 Å². The molecule has 1 heterocycles. The standard InChI is InChI=1S/C22H20F3NO3/c1-12-2-3-13(8-18(12)22(23,24)25)11-29-15-5-7-19-17(10-15)16-6-4-14(9-20(27)28)21(16)26-19/h2-3,5,7-8,10,14,26H,4,6,9,11H2,1H3,(H,27,28)/t14-/m1/s1. The van der Waals surface area contributed by atoms with Crippen molar-refractivity contribution in [1.29, 1.82) is 0 Å². The Morgan fingerprint density at radius 3 is 2.76 bits per heavy atom. The van der Waals surface area contributed by atoms with E-state index in [2.05, 4.69) is 4.98 Å². The lowest BCUT2D eigenvalue weighted by molar-refractivity contribution is -0.138. The second kappa shape index (κ2) is 7.13. The molecule has 0 bridgehead atoms. The summed E-state index contributed by atoms with van der Waals surface area (Å²) in [5, 5.41) is 10.1. The SMILES string of the molecule is Cc1ccc(COc2ccc3[nH]c4c(c3c2)CC[C@@H]4CC(=O)O)cc1C(F)(F)F. The quantitative estimate of drug-likeness (QED) is 0.585. The third kappa shape index (κ3) is 3.81. The number of H-pyrrole nitrogens is 1. The minimum Gasteiger partial charge on any atom is -0.489 e. The van der Waals surface area contributed by atoms with Crippen molar-refractivity contribution in [3.8, 4) is 5.75 Å². The summed E-state index contributed by atoms with van der Waals surface area (Å²) in [5.74, 6) is -0.274. The molecule has 0 radical (unpaired) electrons. The van der Waals surface area contributed by atoms with Crippen molar-refractivity contribution in [2.45, 2.75) is 44.9 Å². The Morgan fingerprint density at radius 2 is 2.03 bits per heavy atom. The molecule has 0 saturated heterocycles. The van der Waals surface area contributed by atoms with E-state index in [0.717, 1.165) is 41.1 Å². The largest absolute Gasteiger partial charge is 0.489 e. The van der Waals surface area contributed by atoms with Crippen LogP contribution in [0.25, 0.3) is 10.9 Å². The van der Waals surface area contributed by atoms with E-state index >= 15 is 0 Å². The van der Waals surface area contributed by atoms with Gasteiger partial charge in [0.15, 0.2) is 0 Å². The van der Waals surface area contributed by atoms with Gasteiger partial charge in [-0.1, -0.05) is 12.1 Å². The maximum atomic E-state index is 13.1. The lowest BCUT2D eigenvalue weighted by atomic mass is 10.0. The van der Waals surface area contributed by atoms with E-state index in [4.69, 9.17) is 9.84 Å². The number of hydrogen-bond donors (Lipinski definition) is 2. The molecule has 1 aromatic heterocycles. The monoisotopic (exact) mass is 403 g/mol. The average molecular weight is 403 g/mol. The summed E-state index contributed by atoms with van der Waals surface area (Å²) in [6.07, 6.45) is -2.71. The highest BCUT2D eigenvalue weighted by atomic mass is 19.4. The number of aliphatic carboxylic acids is 1. The minimum atomic E-state index is -4.39. The number of ether oxygens (including phenoxy) is 1. The first-order chi connectivity index (χ1) is 13.7. The Bertz CT molecular complexity index is 1080. The highest BCUT2D eigenvalue weighted by Crippen LogP contribution is 2.40. The van der Waals surface area contributed by atoms with Crippen LogP contribution < -0.4 is 4.74 Å². The van der Waals surface area contributed by atoms with Gasteiger partial charge in [0.1, 0.15) is 12.4 Å². The zero-order valence-corrected chi connectivity index (χ0v) is 15.8. The molecule has 2 N–H and O–H groups in total. The summed E-state index contributed by atoms with van der Waals surface area (Å²) in [5.41, 5.74) is 2.96. The molecule has 0 fully saturated rings. The number of aromatic nitrogens is 1. The number of benzene rings is 2. The summed E-state index contributed by atoms with van der Waals surface area (Å²) >= 11 is 0. The average Bonchev–Trinajstić information content (AvgIpc) is 3.19. The van der Waals surface area contributed by atoms with Crippen LogP contribution in [0.15, 0.2) is 36.4 Å². The highest BCUT2D eigenvalue weighted by molar-refractivity contribution is 5.87. The van der Waals surface area contributed by atoms with Gasteiger partial charge in [0.25, 0.3) is 0 Å². The predicted octanol–water partition coefficient (Wildman–Crippen LogP) is 5.58. The summed E-state index contributed by atoms with van der Waals surface area (Å²) in [7, 11) is 0. The number of carbonyl (C=O) groups is 1. The first-order valence-corrected chi connectivity index (χ1v) is 9.38. The lowest BCUT2D eigenvalue weighted by Crippen LogP contribution is -2.08. The van der Waals surface area contributed by atoms with Crippen molar-refractivity contribution in [3.05, 3.63) is 64.3 Å². The summed E-state index contributed by atoms with van der Waals surface area (Å²) in [6.45, 7) is 1.47. The van der Waals surface area contributed by atoms with Crippen LogP contribution in [0.3, 0.4) is 0 Å². The minimum absolute atomic E-state index is 0.0207. The van der Waals surface area contributed by atoms with Gasteiger partial charge in [0, 0.05) is 22.5 Å². The van der Waals surface area contributed by atoms with Gasteiger partial charge in [-0.15, -0.1) is 0 Å². The Kier molecular flexibility index (Phi) is 4.76. The molecule has 4 nitrogen and oxygen atoms in total. The molecule has 1 atom stereocenters.